The molecule has 0 spiro atoms. The second-order valence-corrected chi connectivity index (χ2v) is 5.35. The van der Waals surface area contributed by atoms with Gasteiger partial charge in [0.05, 0.1) is 7.11 Å². The number of rotatable bonds is 5. The molecule has 0 aliphatic carbocycles. The van der Waals surface area contributed by atoms with E-state index in [-0.39, 0.29) is 5.82 Å². The zero-order chi connectivity index (χ0) is 17.3. The van der Waals surface area contributed by atoms with E-state index >= 15 is 0 Å². The molecule has 0 radical (unpaired) electrons. The molecule has 0 unspecified atom stereocenters. The maximum Gasteiger partial charge on any atom is 0.375 e. The molecule has 1 aromatic carbocycles. The third-order valence-corrected chi connectivity index (χ3v) is 3.72. The fraction of sp³-hybridized carbons (Fsp3) is 0.250. The topological polar surface area (TPSA) is 93.4 Å². The molecule has 8 nitrogen and oxygen atoms in total. The Labute approximate surface area is 138 Å². The van der Waals surface area contributed by atoms with Crippen LogP contribution in [0.15, 0.2) is 30.5 Å². The van der Waals surface area contributed by atoms with Crippen molar-refractivity contribution in [1.29, 1.82) is 0 Å². The Morgan fingerprint density at radius 2 is 2.17 bits per heavy atom. The van der Waals surface area contributed by atoms with Gasteiger partial charge in [0.1, 0.15) is 11.3 Å². The van der Waals surface area contributed by atoms with Crippen LogP contribution in [0.25, 0.3) is 10.9 Å². The third-order valence-electron chi connectivity index (χ3n) is 3.72. The van der Waals surface area contributed by atoms with Crippen LogP contribution in [0.1, 0.15) is 16.2 Å². The van der Waals surface area contributed by atoms with Crippen LogP contribution in [0.2, 0.25) is 0 Å². The van der Waals surface area contributed by atoms with Crippen LogP contribution >= 0.6 is 0 Å². The number of aromatic carboxylic acids is 1. The summed E-state index contributed by atoms with van der Waals surface area (Å²) in [6.45, 7) is 0.526. The summed E-state index contributed by atoms with van der Waals surface area (Å²) < 4.78 is 6.80. The predicted molar refractivity (Wildman–Crippen MR) is 88.4 cm³/mol. The molecule has 0 aliphatic heterocycles. The molecule has 3 aromatic rings. The van der Waals surface area contributed by atoms with Crippen molar-refractivity contribution in [3.05, 3.63) is 41.9 Å². The molecule has 0 saturated carbocycles. The first-order chi connectivity index (χ1) is 11.5. The highest BCUT2D eigenvalue weighted by atomic mass is 16.5. The van der Waals surface area contributed by atoms with Gasteiger partial charge in [-0.25, -0.2) is 9.48 Å². The SMILES string of the molecule is COc1ccc(CN(C)c2nc(C(=O)O)nn2C)c2cccnc12. The number of hydrogen-bond acceptors (Lipinski definition) is 6. The molecule has 8 heteroatoms. The monoisotopic (exact) mass is 327 g/mol. The van der Waals surface area contributed by atoms with Crippen LogP contribution in [0, 0.1) is 0 Å². The van der Waals surface area contributed by atoms with Crippen molar-refractivity contribution < 1.29 is 14.6 Å². The maximum atomic E-state index is 11.0. The lowest BCUT2D eigenvalue weighted by atomic mass is 10.1. The van der Waals surface area contributed by atoms with Crippen molar-refractivity contribution in [3.8, 4) is 5.75 Å². The Bertz CT molecular complexity index is 906. The van der Waals surface area contributed by atoms with Crippen LogP contribution in [-0.2, 0) is 13.6 Å². The minimum Gasteiger partial charge on any atom is -0.494 e. The summed E-state index contributed by atoms with van der Waals surface area (Å²) >= 11 is 0. The number of methoxy groups -OCH3 is 1. The lowest BCUT2D eigenvalue weighted by molar-refractivity contribution is 0.0683. The summed E-state index contributed by atoms with van der Waals surface area (Å²) in [5, 5.41) is 13.9. The van der Waals surface area contributed by atoms with Crippen LogP contribution in [0.4, 0.5) is 5.95 Å². The number of ether oxygens (including phenoxy) is 1. The van der Waals surface area contributed by atoms with Crippen molar-refractivity contribution >= 4 is 22.8 Å². The van der Waals surface area contributed by atoms with Gasteiger partial charge < -0.3 is 14.7 Å². The summed E-state index contributed by atoms with van der Waals surface area (Å²) in [7, 11) is 5.11. The van der Waals surface area contributed by atoms with E-state index in [9.17, 15) is 4.79 Å². The lowest BCUT2D eigenvalue weighted by Crippen LogP contribution is -2.20. The molecule has 0 atom stereocenters. The highest BCUT2D eigenvalue weighted by Crippen LogP contribution is 2.27. The number of fused-ring (bicyclic) bond motifs is 1. The average molecular weight is 327 g/mol. The number of aromatic nitrogens is 4. The Morgan fingerprint density at radius 1 is 1.38 bits per heavy atom. The smallest absolute Gasteiger partial charge is 0.375 e. The number of anilines is 1. The second-order valence-electron chi connectivity index (χ2n) is 5.35. The summed E-state index contributed by atoms with van der Waals surface area (Å²) in [4.78, 5) is 21.3. The number of hydrogen-bond donors (Lipinski definition) is 1. The summed E-state index contributed by atoms with van der Waals surface area (Å²) in [6, 6.07) is 7.69. The number of carboxylic acids is 1. The number of carbonyl (C=O) groups is 1. The molecule has 2 aromatic heterocycles. The molecule has 0 saturated heterocycles. The van der Waals surface area contributed by atoms with Gasteiger partial charge in [0, 0.05) is 32.2 Å². The Balaban J connectivity index is 1.97. The van der Waals surface area contributed by atoms with Gasteiger partial charge in [-0.15, -0.1) is 5.10 Å². The molecule has 24 heavy (non-hydrogen) atoms. The highest BCUT2D eigenvalue weighted by molar-refractivity contribution is 5.87. The van der Waals surface area contributed by atoms with Gasteiger partial charge in [-0.2, -0.15) is 4.98 Å². The van der Waals surface area contributed by atoms with E-state index in [0.29, 0.717) is 18.2 Å². The van der Waals surface area contributed by atoms with Gasteiger partial charge in [-0.3, -0.25) is 4.98 Å². The number of aryl methyl sites for hydroxylation is 1. The van der Waals surface area contributed by atoms with Gasteiger partial charge in [-0.05, 0) is 17.7 Å². The van der Waals surface area contributed by atoms with E-state index in [0.717, 1.165) is 16.5 Å². The zero-order valence-corrected chi connectivity index (χ0v) is 13.6. The lowest BCUT2D eigenvalue weighted by Gasteiger charge is -2.19. The molecule has 0 amide bonds. The molecular formula is C16H17N5O3. The van der Waals surface area contributed by atoms with E-state index in [1.54, 1.807) is 20.4 Å². The van der Waals surface area contributed by atoms with E-state index in [1.807, 2.05) is 36.2 Å². The first-order valence-electron chi connectivity index (χ1n) is 7.27. The minimum absolute atomic E-state index is 0.222. The first-order valence-corrected chi connectivity index (χ1v) is 7.27. The molecular weight excluding hydrogens is 310 g/mol. The van der Waals surface area contributed by atoms with Gasteiger partial charge in [0.25, 0.3) is 5.82 Å². The Kier molecular flexibility index (Phi) is 4.03. The number of pyridine rings is 1. The van der Waals surface area contributed by atoms with Gasteiger partial charge in [0.2, 0.25) is 5.95 Å². The van der Waals surface area contributed by atoms with Crippen LogP contribution in [0.3, 0.4) is 0 Å². The van der Waals surface area contributed by atoms with Crippen molar-refractivity contribution in [2.75, 3.05) is 19.1 Å². The number of benzene rings is 1. The van der Waals surface area contributed by atoms with E-state index in [4.69, 9.17) is 9.84 Å². The summed E-state index contributed by atoms with van der Waals surface area (Å²) in [5.74, 6) is -0.186. The third kappa shape index (κ3) is 2.73. The van der Waals surface area contributed by atoms with Crippen LogP contribution < -0.4 is 9.64 Å². The fourth-order valence-electron chi connectivity index (χ4n) is 2.63. The van der Waals surface area contributed by atoms with Crippen molar-refractivity contribution in [2.45, 2.75) is 6.54 Å². The quantitative estimate of drug-likeness (QED) is 0.762. The predicted octanol–water partition coefficient (Wildman–Crippen LogP) is 1.71. The molecule has 2 heterocycles. The normalized spacial score (nSPS) is 10.8. The molecule has 3 rings (SSSR count). The van der Waals surface area contributed by atoms with Gasteiger partial charge >= 0.3 is 5.97 Å². The number of nitrogens with zero attached hydrogens (tertiary/aromatic N) is 5. The zero-order valence-electron chi connectivity index (χ0n) is 13.6. The van der Waals surface area contributed by atoms with Crippen LogP contribution in [-0.4, -0.2) is 45.0 Å². The van der Waals surface area contributed by atoms with E-state index in [2.05, 4.69) is 15.1 Å². The Morgan fingerprint density at radius 3 is 2.83 bits per heavy atom. The minimum atomic E-state index is -1.15. The van der Waals surface area contributed by atoms with E-state index < -0.39 is 5.97 Å². The fourth-order valence-corrected chi connectivity index (χ4v) is 2.63. The van der Waals surface area contributed by atoms with Crippen molar-refractivity contribution in [1.82, 2.24) is 19.7 Å². The highest BCUT2D eigenvalue weighted by Gasteiger charge is 2.17. The van der Waals surface area contributed by atoms with Crippen molar-refractivity contribution in [2.24, 2.45) is 7.05 Å². The molecule has 1 N–H and O–H groups in total. The van der Waals surface area contributed by atoms with Crippen LogP contribution in [0.5, 0.6) is 5.75 Å². The average Bonchev–Trinajstić information content (AvgIpc) is 2.97. The Hall–Kier alpha value is -3.16. The largest absolute Gasteiger partial charge is 0.494 e. The number of carboxylic acid groups (broad SMARTS) is 1. The second kappa shape index (κ2) is 6.15. The van der Waals surface area contributed by atoms with Gasteiger partial charge in [0.15, 0.2) is 0 Å². The van der Waals surface area contributed by atoms with Gasteiger partial charge in [-0.1, -0.05) is 12.1 Å². The summed E-state index contributed by atoms with van der Waals surface area (Å²) in [6.07, 6.45) is 1.72. The van der Waals surface area contributed by atoms with Crippen molar-refractivity contribution in [3.63, 3.8) is 0 Å². The molecule has 0 fully saturated rings. The van der Waals surface area contributed by atoms with E-state index in [1.165, 1.54) is 4.68 Å². The maximum absolute atomic E-state index is 11.0. The molecule has 124 valence electrons. The first kappa shape index (κ1) is 15.7. The molecule has 0 bridgehead atoms. The molecule has 0 aliphatic rings. The standard InChI is InChI=1S/C16H17N5O3/c1-20(16-18-14(15(22)23)19-21(16)2)9-10-6-7-12(24-3)13-11(10)5-4-8-17-13/h4-8H,9H2,1-3H3,(H,22,23). The summed E-state index contributed by atoms with van der Waals surface area (Å²) in [5.41, 5.74) is 1.82.